The van der Waals surface area contributed by atoms with Crippen molar-refractivity contribution in [3.8, 4) is 0 Å². The average molecular weight is 303 g/mol. The van der Waals surface area contributed by atoms with Gasteiger partial charge in [-0.1, -0.05) is 54.6 Å². The summed E-state index contributed by atoms with van der Waals surface area (Å²) in [4.78, 5) is 27.1. The number of imide groups is 1. The fraction of sp³-hybridized carbons (Fsp3) is 0.300. The second kappa shape index (κ2) is 4.54. The molecule has 2 bridgehead atoms. The van der Waals surface area contributed by atoms with Gasteiger partial charge in [0.1, 0.15) is 0 Å². The summed E-state index contributed by atoms with van der Waals surface area (Å²) in [6.07, 6.45) is 5.26. The molecule has 0 N–H and O–H groups in total. The Morgan fingerprint density at radius 1 is 0.870 bits per heavy atom. The topological polar surface area (TPSA) is 37.4 Å². The van der Waals surface area contributed by atoms with Crippen LogP contribution in [0.25, 0.3) is 10.8 Å². The van der Waals surface area contributed by atoms with Crippen molar-refractivity contribution in [3.05, 3.63) is 60.2 Å². The summed E-state index contributed by atoms with van der Waals surface area (Å²) < 4.78 is 0. The van der Waals surface area contributed by atoms with Crippen molar-refractivity contribution >= 4 is 22.6 Å². The Kier molecular flexibility index (Phi) is 2.58. The van der Waals surface area contributed by atoms with Crippen LogP contribution in [-0.2, 0) is 16.1 Å². The van der Waals surface area contributed by atoms with Crippen LogP contribution in [0, 0.1) is 23.7 Å². The van der Waals surface area contributed by atoms with Crippen molar-refractivity contribution in [2.45, 2.75) is 13.0 Å². The van der Waals surface area contributed by atoms with Crippen molar-refractivity contribution in [2.75, 3.05) is 0 Å². The highest BCUT2D eigenvalue weighted by Crippen LogP contribution is 2.52. The summed E-state index contributed by atoms with van der Waals surface area (Å²) in [5.41, 5.74) is 1.05. The third-order valence-electron chi connectivity index (χ3n) is 5.77. The molecule has 1 saturated heterocycles. The monoisotopic (exact) mass is 303 g/mol. The lowest BCUT2D eigenvalue weighted by Gasteiger charge is -2.18. The molecule has 5 rings (SSSR count). The first-order chi connectivity index (χ1) is 11.2. The number of amides is 2. The molecule has 3 nitrogen and oxygen atoms in total. The van der Waals surface area contributed by atoms with Gasteiger partial charge in [0, 0.05) is 0 Å². The highest BCUT2D eigenvalue weighted by atomic mass is 16.2. The van der Waals surface area contributed by atoms with Gasteiger partial charge in [-0.05, 0) is 34.6 Å². The van der Waals surface area contributed by atoms with Crippen LogP contribution in [0.3, 0.4) is 0 Å². The Labute approximate surface area is 134 Å². The summed E-state index contributed by atoms with van der Waals surface area (Å²) in [7, 11) is 0. The first kappa shape index (κ1) is 13.1. The second-order valence-corrected chi connectivity index (χ2v) is 6.90. The smallest absolute Gasteiger partial charge is 0.234 e. The lowest BCUT2D eigenvalue weighted by Crippen LogP contribution is -2.32. The molecule has 0 radical (unpaired) electrons. The minimum absolute atomic E-state index is 0.0322. The predicted octanol–water partition coefficient (Wildman–Crippen LogP) is 3.15. The number of benzene rings is 2. The Bertz CT molecular complexity index is 834. The van der Waals surface area contributed by atoms with Gasteiger partial charge in [-0.25, -0.2) is 0 Å². The summed E-state index contributed by atoms with van der Waals surface area (Å²) in [5, 5.41) is 2.26. The van der Waals surface area contributed by atoms with E-state index < -0.39 is 0 Å². The molecule has 0 aromatic heterocycles. The predicted molar refractivity (Wildman–Crippen MR) is 87.2 cm³/mol. The van der Waals surface area contributed by atoms with E-state index in [1.165, 1.54) is 4.90 Å². The third-order valence-corrected chi connectivity index (χ3v) is 5.77. The fourth-order valence-corrected chi connectivity index (χ4v) is 4.72. The van der Waals surface area contributed by atoms with Crippen LogP contribution in [0.1, 0.15) is 12.0 Å². The Morgan fingerprint density at radius 3 is 2.26 bits per heavy atom. The largest absolute Gasteiger partial charge is 0.278 e. The standard InChI is InChI=1S/C20H17NO2/c22-19-17-13-8-9-14(10-13)18(17)20(23)21(19)11-15-6-3-5-12-4-1-2-7-16(12)15/h1-9,13-14,17-18H,10-11H2/t13-,14+,17-,18+. The normalized spacial score (nSPS) is 31.4. The summed E-state index contributed by atoms with van der Waals surface area (Å²) in [6, 6.07) is 14.2. The Balaban J connectivity index is 1.51. The zero-order valence-electron chi connectivity index (χ0n) is 12.7. The molecule has 2 amide bonds. The molecule has 0 unspecified atom stereocenters. The molecule has 1 aliphatic heterocycles. The molecule has 1 heterocycles. The first-order valence-corrected chi connectivity index (χ1v) is 8.24. The molecular weight excluding hydrogens is 286 g/mol. The highest BCUT2D eigenvalue weighted by molar-refractivity contribution is 6.06. The maximum Gasteiger partial charge on any atom is 0.234 e. The number of carbonyl (C=O) groups is 2. The van der Waals surface area contributed by atoms with Crippen LogP contribution in [0.5, 0.6) is 0 Å². The molecular formula is C20H17NO2. The van der Waals surface area contributed by atoms with Gasteiger partial charge in [-0.15, -0.1) is 0 Å². The van der Waals surface area contributed by atoms with Gasteiger partial charge in [-0.2, -0.15) is 0 Å². The van der Waals surface area contributed by atoms with Crippen molar-refractivity contribution in [1.29, 1.82) is 0 Å². The van der Waals surface area contributed by atoms with E-state index in [4.69, 9.17) is 0 Å². The minimum atomic E-state index is -0.104. The molecule has 2 aromatic rings. The maximum absolute atomic E-state index is 12.8. The number of rotatable bonds is 2. The molecule has 3 heteroatoms. The van der Waals surface area contributed by atoms with Crippen molar-refractivity contribution in [2.24, 2.45) is 23.7 Å². The Morgan fingerprint density at radius 2 is 1.52 bits per heavy atom. The van der Waals surface area contributed by atoms with E-state index >= 15 is 0 Å². The summed E-state index contributed by atoms with van der Waals surface area (Å²) in [5.74, 6) is 0.410. The number of hydrogen-bond acceptors (Lipinski definition) is 2. The molecule has 23 heavy (non-hydrogen) atoms. The van der Waals surface area contributed by atoms with Gasteiger partial charge in [0.25, 0.3) is 0 Å². The van der Waals surface area contributed by atoms with E-state index in [2.05, 4.69) is 30.4 Å². The van der Waals surface area contributed by atoms with Gasteiger partial charge in [-0.3, -0.25) is 14.5 Å². The molecule has 2 aromatic carbocycles. The molecule has 3 aliphatic rings. The molecule has 2 aliphatic carbocycles. The van der Waals surface area contributed by atoms with Gasteiger partial charge >= 0.3 is 0 Å². The van der Waals surface area contributed by atoms with Crippen LogP contribution in [0.2, 0.25) is 0 Å². The molecule has 2 fully saturated rings. The number of fused-ring (bicyclic) bond motifs is 6. The van der Waals surface area contributed by atoms with E-state index in [0.717, 1.165) is 22.8 Å². The second-order valence-electron chi connectivity index (χ2n) is 6.90. The Hall–Kier alpha value is -2.42. The molecule has 114 valence electrons. The van der Waals surface area contributed by atoms with Crippen LogP contribution < -0.4 is 0 Å². The van der Waals surface area contributed by atoms with Crippen molar-refractivity contribution in [3.63, 3.8) is 0 Å². The van der Waals surface area contributed by atoms with Crippen LogP contribution in [0.4, 0.5) is 0 Å². The van der Waals surface area contributed by atoms with E-state index in [9.17, 15) is 9.59 Å². The highest BCUT2D eigenvalue weighted by Gasteiger charge is 2.59. The van der Waals surface area contributed by atoms with Crippen molar-refractivity contribution < 1.29 is 9.59 Å². The quantitative estimate of drug-likeness (QED) is 0.631. The van der Waals surface area contributed by atoms with Crippen LogP contribution in [-0.4, -0.2) is 16.7 Å². The van der Waals surface area contributed by atoms with Gasteiger partial charge in [0.2, 0.25) is 11.8 Å². The SMILES string of the molecule is O=C1[C@@H]2[C@H](C(=O)N1Cc1cccc3ccccc13)[C@@H]1C=C[C@H]2C1. The number of carbonyl (C=O) groups excluding carboxylic acids is 2. The van der Waals surface area contributed by atoms with E-state index in [1.807, 2.05) is 24.3 Å². The molecule has 0 spiro atoms. The number of allylic oxidation sites excluding steroid dienone is 2. The van der Waals surface area contributed by atoms with Crippen LogP contribution in [0.15, 0.2) is 54.6 Å². The number of likely N-dealkylation sites (tertiary alicyclic amines) is 1. The fourth-order valence-electron chi connectivity index (χ4n) is 4.72. The van der Waals surface area contributed by atoms with Gasteiger partial charge in [0.05, 0.1) is 18.4 Å². The summed E-state index contributed by atoms with van der Waals surface area (Å²) >= 11 is 0. The minimum Gasteiger partial charge on any atom is -0.278 e. The summed E-state index contributed by atoms with van der Waals surface area (Å²) in [6.45, 7) is 0.394. The maximum atomic E-state index is 12.8. The van der Waals surface area contributed by atoms with Gasteiger partial charge in [0.15, 0.2) is 0 Å². The first-order valence-electron chi connectivity index (χ1n) is 8.24. The van der Waals surface area contributed by atoms with Crippen molar-refractivity contribution in [1.82, 2.24) is 4.90 Å². The lowest BCUT2D eigenvalue weighted by atomic mass is 9.85. The van der Waals surface area contributed by atoms with E-state index in [-0.39, 0.29) is 35.5 Å². The molecule has 4 atom stereocenters. The lowest BCUT2D eigenvalue weighted by molar-refractivity contribution is -0.141. The molecule has 1 saturated carbocycles. The zero-order chi connectivity index (χ0) is 15.6. The third kappa shape index (κ3) is 1.70. The van der Waals surface area contributed by atoms with E-state index in [0.29, 0.717) is 6.54 Å². The zero-order valence-corrected chi connectivity index (χ0v) is 12.7. The number of hydrogen-bond donors (Lipinski definition) is 0. The van der Waals surface area contributed by atoms with Crippen LogP contribution >= 0.6 is 0 Å². The average Bonchev–Trinajstić information content (AvgIpc) is 3.25. The van der Waals surface area contributed by atoms with Gasteiger partial charge < -0.3 is 0 Å². The van der Waals surface area contributed by atoms with E-state index in [1.54, 1.807) is 0 Å². The number of nitrogens with zero attached hydrogens (tertiary/aromatic N) is 1.